The molecule has 22 heavy (non-hydrogen) atoms. The number of thiophene rings is 1. The van der Waals surface area contributed by atoms with Crippen molar-refractivity contribution in [2.45, 2.75) is 24.8 Å². The van der Waals surface area contributed by atoms with Crippen molar-refractivity contribution < 1.29 is 4.79 Å². The van der Waals surface area contributed by atoms with Crippen molar-refractivity contribution in [3.8, 4) is 0 Å². The molecule has 6 heteroatoms. The highest BCUT2D eigenvalue weighted by Gasteiger charge is 2.51. The molecule has 4 heterocycles. The fraction of sp³-hybridized carbons (Fsp3) is 0.438. The summed E-state index contributed by atoms with van der Waals surface area (Å²) in [6.07, 6.45) is 6.21. The van der Waals surface area contributed by atoms with Crippen molar-refractivity contribution >= 4 is 23.2 Å². The summed E-state index contributed by atoms with van der Waals surface area (Å²) >= 11 is 1.64. The maximum absolute atomic E-state index is 12.5. The Hall–Kier alpha value is -1.95. The van der Waals surface area contributed by atoms with Gasteiger partial charge in [0.2, 0.25) is 11.9 Å². The molecule has 1 unspecified atom stereocenters. The Balaban J connectivity index is 1.45. The van der Waals surface area contributed by atoms with E-state index in [2.05, 4.69) is 20.2 Å². The van der Waals surface area contributed by atoms with Gasteiger partial charge in [-0.3, -0.25) is 4.79 Å². The van der Waals surface area contributed by atoms with Crippen molar-refractivity contribution in [1.82, 2.24) is 14.9 Å². The Morgan fingerprint density at radius 3 is 2.77 bits per heavy atom. The molecule has 0 aromatic carbocycles. The monoisotopic (exact) mass is 314 g/mol. The van der Waals surface area contributed by atoms with Crippen LogP contribution in [-0.4, -0.2) is 45.9 Å². The Labute approximate surface area is 133 Å². The van der Waals surface area contributed by atoms with E-state index in [4.69, 9.17) is 0 Å². The van der Waals surface area contributed by atoms with Crippen molar-refractivity contribution in [2.24, 2.45) is 0 Å². The van der Waals surface area contributed by atoms with Crippen molar-refractivity contribution in [3.05, 3.63) is 40.8 Å². The van der Waals surface area contributed by atoms with Gasteiger partial charge in [-0.15, -0.1) is 0 Å². The first-order valence-corrected chi connectivity index (χ1v) is 8.55. The Morgan fingerprint density at radius 1 is 1.27 bits per heavy atom. The molecule has 2 fully saturated rings. The number of hydrogen-bond acceptors (Lipinski definition) is 5. The van der Waals surface area contributed by atoms with Crippen LogP contribution in [0.15, 0.2) is 35.3 Å². The van der Waals surface area contributed by atoms with Crippen LogP contribution in [0.1, 0.15) is 18.4 Å². The Bertz CT molecular complexity index is 660. The molecule has 2 aromatic rings. The highest BCUT2D eigenvalue weighted by atomic mass is 32.1. The standard InChI is InChI=1S/C16H18N4OS/c21-14(10-13-2-9-22-11-13)19-7-3-16(12-19)4-8-20(16)15-17-5-1-6-18-15/h1-2,5-6,9,11H,3-4,7-8,10,12H2. The molecule has 0 radical (unpaired) electrons. The van der Waals surface area contributed by atoms with E-state index in [1.54, 1.807) is 23.7 Å². The van der Waals surface area contributed by atoms with Crippen LogP contribution in [0.4, 0.5) is 5.95 Å². The second-order valence-electron chi connectivity index (χ2n) is 6.05. The summed E-state index contributed by atoms with van der Waals surface area (Å²) in [6, 6.07) is 3.86. The number of likely N-dealkylation sites (tertiary alicyclic amines) is 1. The van der Waals surface area contributed by atoms with E-state index >= 15 is 0 Å². The van der Waals surface area contributed by atoms with Gasteiger partial charge in [0.25, 0.3) is 0 Å². The lowest BCUT2D eigenvalue weighted by Crippen LogP contribution is -2.62. The quantitative estimate of drug-likeness (QED) is 0.869. The van der Waals surface area contributed by atoms with Crippen molar-refractivity contribution in [1.29, 1.82) is 0 Å². The number of hydrogen-bond donors (Lipinski definition) is 0. The molecule has 114 valence electrons. The van der Waals surface area contributed by atoms with Gasteiger partial charge in [-0.2, -0.15) is 11.3 Å². The van der Waals surface area contributed by atoms with Gasteiger partial charge in [0.05, 0.1) is 12.0 Å². The molecule has 0 N–H and O–H groups in total. The van der Waals surface area contributed by atoms with Crippen LogP contribution in [0, 0.1) is 0 Å². The summed E-state index contributed by atoms with van der Waals surface area (Å²) < 4.78 is 0. The van der Waals surface area contributed by atoms with E-state index in [1.165, 1.54) is 0 Å². The maximum atomic E-state index is 12.5. The summed E-state index contributed by atoms with van der Waals surface area (Å²) in [5.74, 6) is 1.02. The number of rotatable bonds is 3. The van der Waals surface area contributed by atoms with Crippen LogP contribution in [0.3, 0.4) is 0 Å². The largest absolute Gasteiger partial charge is 0.340 e. The van der Waals surface area contributed by atoms with Gasteiger partial charge in [-0.1, -0.05) is 0 Å². The third-order valence-corrected chi connectivity index (χ3v) is 5.52. The third kappa shape index (κ3) is 2.27. The minimum absolute atomic E-state index is 0.0612. The molecule has 0 aliphatic carbocycles. The van der Waals surface area contributed by atoms with Crippen molar-refractivity contribution in [3.63, 3.8) is 0 Å². The normalized spacial score (nSPS) is 23.8. The molecule has 2 saturated heterocycles. The van der Waals surface area contributed by atoms with Gasteiger partial charge in [0.15, 0.2) is 0 Å². The zero-order chi connectivity index (χ0) is 15.0. The van der Waals surface area contributed by atoms with Crippen LogP contribution >= 0.6 is 11.3 Å². The Kier molecular flexibility index (Phi) is 3.33. The summed E-state index contributed by atoms with van der Waals surface area (Å²) in [6.45, 7) is 2.62. The van der Waals surface area contributed by atoms with Gasteiger partial charge < -0.3 is 9.80 Å². The van der Waals surface area contributed by atoms with Crippen LogP contribution < -0.4 is 4.90 Å². The molecule has 2 aliphatic heterocycles. The molecule has 4 rings (SSSR count). The van der Waals surface area contributed by atoms with E-state index < -0.39 is 0 Å². The highest BCUT2D eigenvalue weighted by Crippen LogP contribution is 2.41. The number of nitrogens with zero attached hydrogens (tertiary/aromatic N) is 4. The summed E-state index contributed by atoms with van der Waals surface area (Å²) in [4.78, 5) is 25.5. The average molecular weight is 314 g/mol. The van der Waals surface area contributed by atoms with Crippen molar-refractivity contribution in [2.75, 3.05) is 24.5 Å². The fourth-order valence-corrected chi connectivity index (χ4v) is 4.12. The van der Waals surface area contributed by atoms with Crippen LogP contribution in [-0.2, 0) is 11.2 Å². The van der Waals surface area contributed by atoms with E-state index in [-0.39, 0.29) is 11.4 Å². The van der Waals surface area contributed by atoms with E-state index in [0.717, 1.165) is 44.0 Å². The summed E-state index contributed by atoms with van der Waals surface area (Å²) in [5, 5.41) is 4.08. The van der Waals surface area contributed by atoms with Gasteiger partial charge >= 0.3 is 0 Å². The van der Waals surface area contributed by atoms with Gasteiger partial charge in [0, 0.05) is 32.0 Å². The van der Waals surface area contributed by atoms with Gasteiger partial charge in [0.1, 0.15) is 0 Å². The Morgan fingerprint density at radius 2 is 2.09 bits per heavy atom. The van der Waals surface area contributed by atoms with Crippen LogP contribution in [0.5, 0.6) is 0 Å². The zero-order valence-corrected chi connectivity index (χ0v) is 13.1. The van der Waals surface area contributed by atoms with E-state index in [9.17, 15) is 4.79 Å². The van der Waals surface area contributed by atoms with Gasteiger partial charge in [-0.25, -0.2) is 9.97 Å². The number of carbonyl (C=O) groups is 1. The van der Waals surface area contributed by atoms with Crippen LogP contribution in [0.25, 0.3) is 0 Å². The third-order valence-electron chi connectivity index (χ3n) is 4.79. The SMILES string of the molecule is O=C(Cc1ccsc1)N1CCC2(CCN2c2ncccn2)C1. The predicted octanol–water partition coefficient (Wildman–Crippen LogP) is 1.96. The maximum Gasteiger partial charge on any atom is 0.227 e. The number of amides is 1. The summed E-state index contributed by atoms with van der Waals surface area (Å²) in [5.41, 5.74) is 1.18. The first-order chi connectivity index (χ1) is 10.8. The first kappa shape index (κ1) is 13.7. The van der Waals surface area contributed by atoms with E-state index in [1.807, 2.05) is 22.4 Å². The summed E-state index contributed by atoms with van der Waals surface area (Å²) in [7, 11) is 0. The second kappa shape index (κ2) is 5.35. The first-order valence-electron chi connectivity index (χ1n) is 7.60. The lowest BCUT2D eigenvalue weighted by atomic mass is 9.84. The molecule has 0 saturated carbocycles. The molecule has 1 spiro atoms. The molecular formula is C16H18N4OS. The molecule has 2 aromatic heterocycles. The fourth-order valence-electron chi connectivity index (χ4n) is 3.46. The lowest BCUT2D eigenvalue weighted by Gasteiger charge is -2.50. The molecule has 0 bridgehead atoms. The zero-order valence-electron chi connectivity index (χ0n) is 12.3. The number of anilines is 1. The predicted molar refractivity (Wildman–Crippen MR) is 85.9 cm³/mol. The van der Waals surface area contributed by atoms with Crippen LogP contribution in [0.2, 0.25) is 0 Å². The lowest BCUT2D eigenvalue weighted by molar-refractivity contribution is -0.129. The molecule has 2 aliphatic rings. The average Bonchev–Trinajstić information content (AvgIpc) is 3.17. The number of aromatic nitrogens is 2. The van der Waals surface area contributed by atoms with Gasteiger partial charge in [-0.05, 0) is 41.3 Å². The van der Waals surface area contributed by atoms with E-state index in [0.29, 0.717) is 6.42 Å². The molecule has 5 nitrogen and oxygen atoms in total. The minimum atomic E-state index is 0.0612. The molecule has 1 amide bonds. The minimum Gasteiger partial charge on any atom is -0.340 e. The highest BCUT2D eigenvalue weighted by molar-refractivity contribution is 7.07. The topological polar surface area (TPSA) is 49.3 Å². The molecule has 1 atom stereocenters. The smallest absolute Gasteiger partial charge is 0.227 e. The number of carbonyl (C=O) groups excluding carboxylic acids is 1. The molecular weight excluding hydrogens is 296 g/mol. The second-order valence-corrected chi connectivity index (χ2v) is 6.83.